The lowest BCUT2D eigenvalue weighted by molar-refractivity contribution is -0.116. The molecule has 0 aromatic heterocycles. The molecule has 0 fully saturated rings. The highest BCUT2D eigenvalue weighted by atomic mass is 32.2. The van der Waals surface area contributed by atoms with Crippen molar-refractivity contribution in [2.45, 2.75) is 52.0 Å². The van der Waals surface area contributed by atoms with Crippen molar-refractivity contribution in [3.8, 4) is 0 Å². The van der Waals surface area contributed by atoms with Crippen LogP contribution in [0.1, 0.15) is 43.9 Å². The molecule has 0 saturated carbocycles. The average molecular weight is 415 g/mol. The van der Waals surface area contributed by atoms with Gasteiger partial charge in [0.2, 0.25) is 15.9 Å². The first-order valence-electron chi connectivity index (χ1n) is 10.1. The van der Waals surface area contributed by atoms with E-state index in [1.807, 2.05) is 45.0 Å². The van der Waals surface area contributed by atoms with E-state index in [0.717, 1.165) is 35.2 Å². The molecule has 0 bridgehead atoms. The molecule has 156 valence electrons. The predicted octanol–water partition coefficient (Wildman–Crippen LogP) is 4.14. The van der Waals surface area contributed by atoms with E-state index in [1.165, 1.54) is 0 Å². The first-order chi connectivity index (χ1) is 13.7. The Morgan fingerprint density at radius 3 is 2.59 bits per heavy atom. The zero-order valence-corrected chi connectivity index (χ0v) is 18.5. The van der Waals surface area contributed by atoms with Gasteiger partial charge in [-0.3, -0.25) is 4.79 Å². The van der Waals surface area contributed by atoms with Crippen molar-refractivity contribution in [3.05, 3.63) is 59.2 Å². The molecule has 0 aliphatic carbocycles. The van der Waals surface area contributed by atoms with Gasteiger partial charge in [0.25, 0.3) is 0 Å². The van der Waals surface area contributed by atoms with E-state index in [9.17, 15) is 13.2 Å². The summed E-state index contributed by atoms with van der Waals surface area (Å²) in [5.41, 5.74) is 3.85. The van der Waals surface area contributed by atoms with E-state index in [4.69, 9.17) is 0 Å². The van der Waals surface area contributed by atoms with Crippen LogP contribution in [0.5, 0.6) is 0 Å². The molecule has 0 atom stereocenters. The van der Waals surface area contributed by atoms with Crippen LogP contribution in [0.4, 0.5) is 5.69 Å². The standard InChI is InChI=1S/C23H30N2O3S/c1-17(2)15-24(16-20-8-5-7-18(3)13-20)29(27,28)22-10-11-23-21(14-22)9-6-12-25(23)19(4)26/h5,7-8,10-11,13-14,17H,6,9,12,15-16H2,1-4H3. The number of sulfonamides is 1. The molecule has 0 saturated heterocycles. The maximum absolute atomic E-state index is 13.5. The number of amides is 1. The van der Waals surface area contributed by atoms with Crippen LogP contribution < -0.4 is 4.90 Å². The molecule has 6 heteroatoms. The second kappa shape index (κ2) is 8.67. The fraction of sp³-hybridized carbons (Fsp3) is 0.435. The van der Waals surface area contributed by atoms with Crippen molar-refractivity contribution in [1.82, 2.24) is 4.31 Å². The molecule has 3 rings (SSSR count). The molecular weight excluding hydrogens is 384 g/mol. The number of anilines is 1. The van der Waals surface area contributed by atoms with Gasteiger partial charge in [-0.15, -0.1) is 0 Å². The van der Waals surface area contributed by atoms with Crippen molar-refractivity contribution in [3.63, 3.8) is 0 Å². The van der Waals surface area contributed by atoms with Crippen molar-refractivity contribution >= 4 is 21.6 Å². The fourth-order valence-corrected chi connectivity index (χ4v) is 5.52. The maximum Gasteiger partial charge on any atom is 0.243 e. The monoisotopic (exact) mass is 414 g/mol. The fourth-order valence-electron chi connectivity index (χ4n) is 3.88. The molecule has 2 aromatic rings. The summed E-state index contributed by atoms with van der Waals surface area (Å²) in [6, 6.07) is 13.1. The highest BCUT2D eigenvalue weighted by molar-refractivity contribution is 7.89. The molecule has 1 aliphatic heterocycles. The third-order valence-corrected chi connectivity index (χ3v) is 7.01. The predicted molar refractivity (Wildman–Crippen MR) is 116 cm³/mol. The number of carbonyl (C=O) groups excluding carboxylic acids is 1. The second-order valence-electron chi connectivity index (χ2n) is 8.25. The lowest BCUT2D eigenvalue weighted by Gasteiger charge is -2.30. The number of nitrogens with zero attached hydrogens (tertiary/aromatic N) is 2. The maximum atomic E-state index is 13.5. The number of rotatable bonds is 6. The van der Waals surface area contributed by atoms with Crippen LogP contribution in [0, 0.1) is 12.8 Å². The van der Waals surface area contributed by atoms with Crippen molar-refractivity contribution in [2.24, 2.45) is 5.92 Å². The Balaban J connectivity index is 1.96. The number of hydrogen-bond donors (Lipinski definition) is 0. The molecule has 29 heavy (non-hydrogen) atoms. The van der Waals surface area contributed by atoms with Gasteiger partial charge in [0, 0.05) is 32.2 Å². The summed E-state index contributed by atoms with van der Waals surface area (Å²) in [5, 5.41) is 0. The Labute approximate surface area is 174 Å². The highest BCUT2D eigenvalue weighted by Gasteiger charge is 2.28. The molecule has 0 spiro atoms. The van der Waals surface area contributed by atoms with Crippen LogP contribution >= 0.6 is 0 Å². The largest absolute Gasteiger partial charge is 0.312 e. The number of carbonyl (C=O) groups is 1. The first-order valence-corrected chi connectivity index (χ1v) is 11.6. The highest BCUT2D eigenvalue weighted by Crippen LogP contribution is 2.31. The summed E-state index contributed by atoms with van der Waals surface area (Å²) < 4.78 is 28.6. The zero-order valence-electron chi connectivity index (χ0n) is 17.7. The number of fused-ring (bicyclic) bond motifs is 1. The van der Waals surface area contributed by atoms with Crippen molar-refractivity contribution < 1.29 is 13.2 Å². The number of aryl methyl sites for hydroxylation is 2. The van der Waals surface area contributed by atoms with E-state index in [2.05, 4.69) is 0 Å². The lowest BCUT2D eigenvalue weighted by Crippen LogP contribution is -2.35. The van der Waals surface area contributed by atoms with Gasteiger partial charge in [0.15, 0.2) is 0 Å². The van der Waals surface area contributed by atoms with E-state index in [1.54, 1.807) is 34.3 Å². The Morgan fingerprint density at radius 1 is 1.17 bits per heavy atom. The minimum atomic E-state index is -3.65. The Kier molecular flexibility index (Phi) is 6.44. The molecule has 1 aliphatic rings. The van der Waals surface area contributed by atoms with Crippen LogP contribution in [-0.4, -0.2) is 31.7 Å². The minimum Gasteiger partial charge on any atom is -0.312 e. The summed E-state index contributed by atoms with van der Waals surface area (Å²) in [4.78, 5) is 13.9. The zero-order chi connectivity index (χ0) is 21.2. The van der Waals surface area contributed by atoms with Crippen molar-refractivity contribution in [2.75, 3.05) is 18.0 Å². The van der Waals surface area contributed by atoms with Gasteiger partial charge < -0.3 is 4.90 Å². The van der Waals surface area contributed by atoms with Gasteiger partial charge in [-0.2, -0.15) is 4.31 Å². The summed E-state index contributed by atoms with van der Waals surface area (Å²) in [5.74, 6) is 0.197. The quantitative estimate of drug-likeness (QED) is 0.714. The SMILES string of the molecule is CC(=O)N1CCCc2cc(S(=O)(=O)N(Cc3cccc(C)c3)CC(C)C)ccc21. The molecule has 1 amide bonds. The summed E-state index contributed by atoms with van der Waals surface area (Å²) in [6.45, 7) is 9.08. The molecule has 0 radical (unpaired) electrons. The smallest absolute Gasteiger partial charge is 0.243 e. The van der Waals surface area contributed by atoms with E-state index in [-0.39, 0.29) is 11.8 Å². The molecule has 2 aromatic carbocycles. The third-order valence-electron chi connectivity index (χ3n) is 5.20. The summed E-state index contributed by atoms with van der Waals surface area (Å²) in [6.07, 6.45) is 1.62. The molecule has 5 nitrogen and oxygen atoms in total. The number of benzene rings is 2. The molecule has 0 N–H and O–H groups in total. The van der Waals surface area contributed by atoms with E-state index in [0.29, 0.717) is 24.5 Å². The first kappa shape index (κ1) is 21.5. The molecular formula is C23H30N2O3S. The van der Waals surface area contributed by atoms with Gasteiger partial charge in [0.05, 0.1) is 4.90 Å². The second-order valence-corrected chi connectivity index (χ2v) is 10.2. The van der Waals surface area contributed by atoms with Gasteiger partial charge in [0.1, 0.15) is 0 Å². The Bertz CT molecular complexity index is 999. The van der Waals surface area contributed by atoms with Crippen LogP contribution in [0.15, 0.2) is 47.4 Å². The van der Waals surface area contributed by atoms with Gasteiger partial charge in [-0.25, -0.2) is 8.42 Å². The van der Waals surface area contributed by atoms with E-state index < -0.39 is 10.0 Å². The van der Waals surface area contributed by atoms with Gasteiger partial charge >= 0.3 is 0 Å². The minimum absolute atomic E-state index is 0.0116. The molecule has 0 unspecified atom stereocenters. The van der Waals surface area contributed by atoms with Crippen molar-refractivity contribution in [1.29, 1.82) is 0 Å². The van der Waals surface area contributed by atoms with Gasteiger partial charge in [-0.1, -0.05) is 43.7 Å². The Morgan fingerprint density at radius 2 is 1.93 bits per heavy atom. The Hall–Kier alpha value is -2.18. The van der Waals surface area contributed by atoms with Crippen LogP contribution in [0.3, 0.4) is 0 Å². The third kappa shape index (κ3) is 4.87. The van der Waals surface area contributed by atoms with Crippen LogP contribution in [-0.2, 0) is 27.8 Å². The average Bonchev–Trinajstić information content (AvgIpc) is 2.66. The van der Waals surface area contributed by atoms with E-state index >= 15 is 0 Å². The summed E-state index contributed by atoms with van der Waals surface area (Å²) >= 11 is 0. The van der Waals surface area contributed by atoms with Crippen LogP contribution in [0.25, 0.3) is 0 Å². The lowest BCUT2D eigenvalue weighted by atomic mass is 10.0. The number of hydrogen-bond acceptors (Lipinski definition) is 3. The topological polar surface area (TPSA) is 57.7 Å². The van der Waals surface area contributed by atoms with Crippen LogP contribution in [0.2, 0.25) is 0 Å². The van der Waals surface area contributed by atoms with Gasteiger partial charge in [-0.05, 0) is 55.0 Å². The summed E-state index contributed by atoms with van der Waals surface area (Å²) in [7, 11) is -3.65. The molecule has 1 heterocycles. The normalized spacial score (nSPS) is 14.3.